The molecule has 0 radical (unpaired) electrons. The van der Waals surface area contributed by atoms with Gasteiger partial charge in [-0.3, -0.25) is 4.79 Å². The van der Waals surface area contributed by atoms with E-state index in [1.807, 2.05) is 19.1 Å². The summed E-state index contributed by atoms with van der Waals surface area (Å²) in [6, 6.07) is 3.72. The molecule has 0 aromatic carbocycles. The fourth-order valence-electron chi connectivity index (χ4n) is 2.83. The van der Waals surface area contributed by atoms with Gasteiger partial charge in [0.05, 0.1) is 18.6 Å². The Morgan fingerprint density at radius 2 is 2.18 bits per heavy atom. The summed E-state index contributed by atoms with van der Waals surface area (Å²) in [5.74, 6) is 0.454. The van der Waals surface area contributed by atoms with Crippen LogP contribution in [0.25, 0.3) is 0 Å². The molecule has 0 spiro atoms. The van der Waals surface area contributed by atoms with Gasteiger partial charge in [0.25, 0.3) is 0 Å². The van der Waals surface area contributed by atoms with Gasteiger partial charge in [-0.25, -0.2) is 4.98 Å². The molecule has 5 nitrogen and oxygen atoms in total. The van der Waals surface area contributed by atoms with Crippen molar-refractivity contribution in [1.82, 2.24) is 10.3 Å². The van der Waals surface area contributed by atoms with Crippen LogP contribution in [0.4, 0.5) is 0 Å². The minimum absolute atomic E-state index is 0.116. The molecule has 122 valence electrons. The number of pyridine rings is 1. The van der Waals surface area contributed by atoms with Gasteiger partial charge in [-0.05, 0) is 25.3 Å². The molecule has 0 atom stereocenters. The second-order valence-corrected chi connectivity index (χ2v) is 6.05. The first-order chi connectivity index (χ1) is 10.6. The van der Waals surface area contributed by atoms with E-state index >= 15 is 0 Å². The SMILES string of the molecule is CCCOc1ncccc1CNC(=O)CC1(O)CCCCC1. The Morgan fingerprint density at radius 3 is 2.91 bits per heavy atom. The van der Waals surface area contributed by atoms with Crippen LogP contribution >= 0.6 is 0 Å². The Bertz CT molecular complexity index is 485. The van der Waals surface area contributed by atoms with Gasteiger partial charge in [0, 0.05) is 18.3 Å². The number of aliphatic hydroxyl groups is 1. The van der Waals surface area contributed by atoms with Crippen LogP contribution in [-0.2, 0) is 11.3 Å². The fraction of sp³-hybridized carbons (Fsp3) is 0.647. The largest absolute Gasteiger partial charge is 0.477 e. The lowest BCUT2D eigenvalue weighted by molar-refractivity contribution is -0.127. The maximum atomic E-state index is 12.1. The van der Waals surface area contributed by atoms with Crippen LogP contribution in [0.15, 0.2) is 18.3 Å². The van der Waals surface area contributed by atoms with Crippen molar-refractivity contribution in [2.24, 2.45) is 0 Å². The van der Waals surface area contributed by atoms with Gasteiger partial charge in [-0.1, -0.05) is 32.3 Å². The van der Waals surface area contributed by atoms with Crippen LogP contribution in [0.2, 0.25) is 0 Å². The summed E-state index contributed by atoms with van der Waals surface area (Å²) in [6.07, 6.45) is 7.37. The lowest BCUT2D eigenvalue weighted by atomic mass is 9.82. The average Bonchev–Trinajstić information content (AvgIpc) is 2.52. The summed E-state index contributed by atoms with van der Waals surface area (Å²) >= 11 is 0. The van der Waals surface area contributed by atoms with Crippen LogP contribution in [0, 0.1) is 0 Å². The highest BCUT2D eigenvalue weighted by atomic mass is 16.5. The molecule has 22 heavy (non-hydrogen) atoms. The van der Waals surface area contributed by atoms with Crippen LogP contribution in [0.1, 0.15) is 57.4 Å². The maximum absolute atomic E-state index is 12.1. The molecule has 2 rings (SSSR count). The normalized spacial score (nSPS) is 17.0. The number of ether oxygens (including phenoxy) is 1. The van der Waals surface area contributed by atoms with Gasteiger partial charge in [-0.2, -0.15) is 0 Å². The molecule has 5 heteroatoms. The molecule has 1 fully saturated rings. The highest BCUT2D eigenvalue weighted by Gasteiger charge is 2.31. The minimum Gasteiger partial charge on any atom is -0.477 e. The van der Waals surface area contributed by atoms with Crippen molar-refractivity contribution in [2.45, 2.75) is 64.0 Å². The van der Waals surface area contributed by atoms with Gasteiger partial charge in [0.2, 0.25) is 11.8 Å². The minimum atomic E-state index is -0.821. The van der Waals surface area contributed by atoms with E-state index in [0.717, 1.165) is 44.1 Å². The van der Waals surface area contributed by atoms with Crippen LogP contribution in [-0.4, -0.2) is 28.2 Å². The molecule has 0 unspecified atom stereocenters. The highest BCUT2D eigenvalue weighted by Crippen LogP contribution is 2.30. The number of hydrogen-bond donors (Lipinski definition) is 2. The Hall–Kier alpha value is -1.62. The van der Waals surface area contributed by atoms with Crippen molar-refractivity contribution in [2.75, 3.05) is 6.61 Å². The molecule has 1 amide bonds. The molecule has 1 aromatic heterocycles. The second kappa shape index (κ2) is 8.13. The Balaban J connectivity index is 1.85. The lowest BCUT2D eigenvalue weighted by Gasteiger charge is -2.31. The second-order valence-electron chi connectivity index (χ2n) is 6.05. The van der Waals surface area contributed by atoms with E-state index in [4.69, 9.17) is 4.74 Å². The van der Waals surface area contributed by atoms with E-state index < -0.39 is 5.60 Å². The monoisotopic (exact) mass is 306 g/mol. The zero-order valence-corrected chi connectivity index (χ0v) is 13.3. The van der Waals surface area contributed by atoms with E-state index in [1.165, 1.54) is 0 Å². The van der Waals surface area contributed by atoms with E-state index in [9.17, 15) is 9.90 Å². The van der Waals surface area contributed by atoms with E-state index in [0.29, 0.717) is 19.0 Å². The fourth-order valence-corrected chi connectivity index (χ4v) is 2.83. The number of nitrogens with one attached hydrogen (secondary N) is 1. The molecule has 1 aromatic rings. The summed E-state index contributed by atoms with van der Waals surface area (Å²) in [7, 11) is 0. The van der Waals surface area contributed by atoms with Crippen molar-refractivity contribution in [1.29, 1.82) is 0 Å². The summed E-state index contributed by atoms with van der Waals surface area (Å²) in [4.78, 5) is 16.3. The first kappa shape index (κ1) is 16.7. The van der Waals surface area contributed by atoms with Gasteiger partial charge >= 0.3 is 0 Å². The van der Waals surface area contributed by atoms with E-state index in [1.54, 1.807) is 6.20 Å². The number of carbonyl (C=O) groups excluding carboxylic acids is 1. The predicted molar refractivity (Wildman–Crippen MR) is 84.5 cm³/mol. The smallest absolute Gasteiger partial charge is 0.223 e. The standard InChI is InChI=1S/C17H26N2O3/c1-2-11-22-16-14(7-6-10-18-16)13-19-15(20)12-17(21)8-4-3-5-9-17/h6-7,10,21H,2-5,8-9,11-13H2,1H3,(H,19,20). The van der Waals surface area contributed by atoms with Crippen LogP contribution in [0.3, 0.4) is 0 Å². The van der Waals surface area contributed by atoms with Crippen molar-refractivity contribution in [3.8, 4) is 5.88 Å². The van der Waals surface area contributed by atoms with Crippen molar-refractivity contribution in [3.63, 3.8) is 0 Å². The Labute approximate surface area is 132 Å². The topological polar surface area (TPSA) is 71.5 Å². The van der Waals surface area contributed by atoms with Gasteiger partial charge in [0.1, 0.15) is 0 Å². The molecule has 0 saturated heterocycles. The molecule has 0 bridgehead atoms. The first-order valence-electron chi connectivity index (χ1n) is 8.19. The number of hydrogen-bond acceptors (Lipinski definition) is 4. The first-order valence-corrected chi connectivity index (χ1v) is 8.19. The number of amides is 1. The number of rotatable bonds is 7. The number of aromatic nitrogens is 1. The Morgan fingerprint density at radius 1 is 1.41 bits per heavy atom. The molecular formula is C17H26N2O3. The molecule has 0 aliphatic heterocycles. The summed E-state index contributed by atoms with van der Waals surface area (Å²) in [6.45, 7) is 3.02. The highest BCUT2D eigenvalue weighted by molar-refractivity contribution is 5.77. The number of nitrogens with zero attached hydrogens (tertiary/aromatic N) is 1. The third-order valence-electron chi connectivity index (χ3n) is 4.04. The van der Waals surface area contributed by atoms with Crippen molar-refractivity contribution in [3.05, 3.63) is 23.9 Å². The summed E-state index contributed by atoms with van der Waals surface area (Å²) in [5, 5.41) is 13.3. The number of carbonyl (C=O) groups is 1. The Kier molecular flexibility index (Phi) is 6.19. The van der Waals surface area contributed by atoms with Crippen LogP contribution in [0.5, 0.6) is 5.88 Å². The van der Waals surface area contributed by atoms with Gasteiger partial charge in [0.15, 0.2) is 0 Å². The molecule has 2 N–H and O–H groups in total. The average molecular weight is 306 g/mol. The predicted octanol–water partition coefficient (Wildman–Crippen LogP) is 2.57. The summed E-state index contributed by atoms with van der Waals surface area (Å²) in [5.41, 5.74) is 0.0404. The molecule has 1 heterocycles. The molecule has 1 aliphatic rings. The molecule has 1 saturated carbocycles. The third-order valence-corrected chi connectivity index (χ3v) is 4.04. The lowest BCUT2D eigenvalue weighted by Crippen LogP contribution is -2.38. The summed E-state index contributed by atoms with van der Waals surface area (Å²) < 4.78 is 5.58. The van der Waals surface area contributed by atoms with Gasteiger partial charge in [-0.15, -0.1) is 0 Å². The van der Waals surface area contributed by atoms with E-state index in [2.05, 4.69) is 10.3 Å². The van der Waals surface area contributed by atoms with Crippen LogP contribution < -0.4 is 10.1 Å². The van der Waals surface area contributed by atoms with Gasteiger partial charge < -0.3 is 15.2 Å². The maximum Gasteiger partial charge on any atom is 0.223 e. The van der Waals surface area contributed by atoms with E-state index in [-0.39, 0.29) is 12.3 Å². The quantitative estimate of drug-likeness (QED) is 0.812. The van der Waals surface area contributed by atoms with Crippen molar-refractivity contribution < 1.29 is 14.6 Å². The molecule has 1 aliphatic carbocycles. The third kappa shape index (κ3) is 4.98. The molecular weight excluding hydrogens is 280 g/mol. The zero-order chi connectivity index (χ0) is 15.8. The zero-order valence-electron chi connectivity index (χ0n) is 13.3. The van der Waals surface area contributed by atoms with Crippen molar-refractivity contribution >= 4 is 5.91 Å².